The predicted octanol–water partition coefficient (Wildman–Crippen LogP) is 13.1. The van der Waals surface area contributed by atoms with Gasteiger partial charge in [-0.3, -0.25) is 0 Å². The summed E-state index contributed by atoms with van der Waals surface area (Å²) in [6.07, 6.45) is 5.01. The summed E-state index contributed by atoms with van der Waals surface area (Å²) in [5, 5.41) is 6.50. The van der Waals surface area contributed by atoms with Crippen LogP contribution in [0, 0.1) is 0 Å². The fraction of sp³-hybridized carbons (Fsp3) is 0.659. The third-order valence-corrected chi connectivity index (χ3v) is 14.5. The second-order valence-corrected chi connectivity index (χ2v) is 24.3. The summed E-state index contributed by atoms with van der Waals surface area (Å²) < 4.78 is 0. The van der Waals surface area contributed by atoms with E-state index in [0.29, 0.717) is 5.66 Å². The van der Waals surface area contributed by atoms with E-state index < -0.39 is 7.92 Å². The van der Waals surface area contributed by atoms with Gasteiger partial charge in [0.25, 0.3) is 0 Å². The highest BCUT2D eigenvalue weighted by atomic mass is 31.1. The van der Waals surface area contributed by atoms with Crippen LogP contribution in [0.4, 0.5) is 0 Å². The molecule has 0 fully saturated rings. The molecular formula is C44H70P2. The summed E-state index contributed by atoms with van der Waals surface area (Å²) in [6.45, 7) is 48.3. The summed E-state index contributed by atoms with van der Waals surface area (Å²) in [7, 11) is 0.887. The van der Waals surface area contributed by atoms with E-state index in [-0.39, 0.29) is 32.5 Å². The summed E-state index contributed by atoms with van der Waals surface area (Å²) in [6, 6.07) is 10.3. The van der Waals surface area contributed by atoms with Gasteiger partial charge >= 0.3 is 0 Å². The van der Waals surface area contributed by atoms with Crippen LogP contribution in [0.15, 0.2) is 35.7 Å². The van der Waals surface area contributed by atoms with Crippen molar-refractivity contribution in [3.8, 4) is 0 Å². The van der Waals surface area contributed by atoms with Gasteiger partial charge in [0.05, 0.1) is 0 Å². The van der Waals surface area contributed by atoms with Crippen LogP contribution in [0.25, 0.3) is 0 Å². The van der Waals surface area contributed by atoms with Gasteiger partial charge in [-0.2, -0.15) is 0 Å². The predicted molar refractivity (Wildman–Crippen MR) is 216 cm³/mol. The van der Waals surface area contributed by atoms with Crippen LogP contribution < -0.4 is 10.6 Å². The van der Waals surface area contributed by atoms with Crippen LogP contribution in [-0.2, 0) is 32.5 Å². The van der Waals surface area contributed by atoms with Gasteiger partial charge in [0.1, 0.15) is 0 Å². The van der Waals surface area contributed by atoms with Crippen molar-refractivity contribution in [2.75, 3.05) is 0 Å². The molecule has 2 aromatic rings. The molecule has 0 radical (unpaired) electrons. The van der Waals surface area contributed by atoms with Gasteiger partial charge in [-0.15, -0.1) is 0 Å². The topological polar surface area (TPSA) is 0 Å². The van der Waals surface area contributed by atoms with Crippen LogP contribution in [0.5, 0.6) is 0 Å². The molecule has 0 saturated carbocycles. The first-order valence-electron chi connectivity index (χ1n) is 17.9. The van der Waals surface area contributed by atoms with Crippen molar-refractivity contribution in [1.82, 2.24) is 0 Å². The normalized spacial score (nSPS) is 19.4. The number of hydrogen-bond donors (Lipinski definition) is 0. The average Bonchev–Trinajstić information content (AvgIpc) is 2.84. The standard InChI is InChI=1S/C44H70P2/c1-28-22-21-23-36(46(28)38-34(43(15,16)17)26-31(40(6,7)8)27-35(38)44(18,19)20)29(2)45-37-32(41(9,10)11)24-30(39(3,4)5)25-33(37)42(12,13)14/h22,24-27,36H,21,23H2,1-20H3/t36-,46?/m1/s1. The van der Waals surface area contributed by atoms with Crippen molar-refractivity contribution in [2.45, 2.75) is 189 Å². The van der Waals surface area contributed by atoms with E-state index in [1.165, 1.54) is 43.3 Å². The zero-order chi connectivity index (χ0) is 35.6. The first kappa shape index (κ1) is 39.2. The lowest BCUT2D eigenvalue weighted by Gasteiger charge is -2.41. The molecule has 2 heteroatoms. The highest BCUT2D eigenvalue weighted by Gasteiger charge is 2.38. The maximum atomic E-state index is 2.60. The monoisotopic (exact) mass is 660 g/mol. The van der Waals surface area contributed by atoms with Crippen molar-refractivity contribution in [3.05, 3.63) is 69.0 Å². The SMILES string of the molecule is CC1=CCC[C@H](C(C)=Pc2c(C(C)(C)C)cc(C(C)(C)C)cc2C(C)(C)C)P1c1c(C(C)(C)C)cc(C(C)(C)C)cc1C(C)(C)C. The Kier molecular flexibility index (Phi) is 11.0. The van der Waals surface area contributed by atoms with Gasteiger partial charge in [0, 0.05) is 11.0 Å². The van der Waals surface area contributed by atoms with Crippen molar-refractivity contribution in [3.63, 3.8) is 0 Å². The minimum absolute atomic E-state index is 0.0639. The van der Waals surface area contributed by atoms with Crippen molar-refractivity contribution in [1.29, 1.82) is 0 Å². The largest absolute Gasteiger partial charge is 0.0807 e. The molecule has 2 aromatic carbocycles. The second kappa shape index (κ2) is 12.9. The number of rotatable bonds is 3. The summed E-state index contributed by atoms with van der Waals surface area (Å²) in [5.74, 6) is 0. The highest BCUT2D eigenvalue weighted by Crippen LogP contribution is 2.57. The molecule has 0 aromatic heterocycles. The Morgan fingerprint density at radius 2 is 0.913 bits per heavy atom. The molecule has 0 N–H and O–H groups in total. The molecule has 1 aliphatic heterocycles. The van der Waals surface area contributed by atoms with Gasteiger partial charge in [0.15, 0.2) is 0 Å². The Morgan fingerprint density at radius 3 is 1.24 bits per heavy atom. The minimum Gasteiger partial charge on any atom is -0.0807 e. The fourth-order valence-electron chi connectivity index (χ4n) is 6.70. The van der Waals surface area contributed by atoms with Crippen LogP contribution in [0.3, 0.4) is 0 Å². The molecule has 0 amide bonds. The Balaban J connectivity index is 2.45. The smallest absolute Gasteiger partial charge is 0.0124 e. The molecule has 1 aliphatic rings. The molecule has 2 atom stereocenters. The molecule has 0 bridgehead atoms. The van der Waals surface area contributed by atoms with Crippen molar-refractivity contribution in [2.24, 2.45) is 0 Å². The number of hydrogen-bond acceptors (Lipinski definition) is 0. The fourth-order valence-corrected chi connectivity index (χ4v) is 12.5. The van der Waals surface area contributed by atoms with Crippen LogP contribution in [-0.4, -0.2) is 11.0 Å². The minimum atomic E-state index is -0.529. The van der Waals surface area contributed by atoms with Crippen LogP contribution in [0.1, 0.15) is 185 Å². The van der Waals surface area contributed by atoms with Gasteiger partial charge in [-0.05, 0) is 116 Å². The van der Waals surface area contributed by atoms with E-state index in [1.54, 1.807) is 32.3 Å². The molecule has 3 rings (SSSR count). The second-order valence-electron chi connectivity index (χ2n) is 20.4. The first-order valence-corrected chi connectivity index (χ1v) is 20.2. The molecule has 0 saturated heterocycles. The first-order chi connectivity index (χ1) is 20.5. The maximum Gasteiger partial charge on any atom is 0.0124 e. The third kappa shape index (κ3) is 8.67. The summed E-state index contributed by atoms with van der Waals surface area (Å²) in [5.41, 5.74) is 10.2. The van der Waals surface area contributed by atoms with Crippen LogP contribution >= 0.6 is 16.1 Å². The molecule has 1 heterocycles. The maximum absolute atomic E-state index is 2.60. The zero-order valence-electron chi connectivity index (χ0n) is 33.8. The lowest BCUT2D eigenvalue weighted by atomic mass is 9.75. The molecule has 256 valence electrons. The van der Waals surface area contributed by atoms with E-state index >= 15 is 0 Å². The quantitative estimate of drug-likeness (QED) is 0.287. The molecule has 0 spiro atoms. The molecule has 46 heavy (non-hydrogen) atoms. The van der Waals surface area contributed by atoms with Crippen LogP contribution in [0.2, 0.25) is 0 Å². The summed E-state index contributed by atoms with van der Waals surface area (Å²) in [4.78, 5) is 0. The molecular weight excluding hydrogens is 590 g/mol. The molecule has 0 aliphatic carbocycles. The van der Waals surface area contributed by atoms with Gasteiger partial charge in [-0.1, -0.05) is 163 Å². The van der Waals surface area contributed by atoms with Gasteiger partial charge in [-0.25, -0.2) is 0 Å². The lowest BCUT2D eigenvalue weighted by molar-refractivity contribution is 0.553. The van der Waals surface area contributed by atoms with Crippen molar-refractivity contribution >= 4 is 32.0 Å². The van der Waals surface area contributed by atoms with E-state index in [4.69, 9.17) is 0 Å². The Labute approximate surface area is 289 Å². The Hall–Kier alpha value is -1.22. The van der Waals surface area contributed by atoms with Gasteiger partial charge in [0.2, 0.25) is 0 Å². The van der Waals surface area contributed by atoms with Crippen molar-refractivity contribution < 1.29 is 0 Å². The van der Waals surface area contributed by atoms with Gasteiger partial charge < -0.3 is 0 Å². The number of allylic oxidation sites excluding steroid dienone is 2. The van der Waals surface area contributed by atoms with E-state index in [9.17, 15) is 0 Å². The molecule has 0 nitrogen and oxygen atoms in total. The highest BCUT2D eigenvalue weighted by molar-refractivity contribution is 7.72. The van der Waals surface area contributed by atoms with E-state index in [0.717, 1.165) is 0 Å². The Morgan fingerprint density at radius 1 is 0.565 bits per heavy atom. The Bertz CT molecular complexity index is 1420. The molecule has 1 unspecified atom stereocenters. The number of benzene rings is 2. The lowest BCUT2D eigenvalue weighted by Crippen LogP contribution is -2.36. The average molecular weight is 661 g/mol. The summed E-state index contributed by atoms with van der Waals surface area (Å²) >= 11 is 0. The van der Waals surface area contributed by atoms with E-state index in [2.05, 4.69) is 169 Å². The third-order valence-electron chi connectivity index (χ3n) is 9.77. The zero-order valence-corrected chi connectivity index (χ0v) is 35.6. The van der Waals surface area contributed by atoms with E-state index in [1.807, 2.05) is 0 Å².